The first kappa shape index (κ1) is 49.7. The Hall–Kier alpha value is -7.58. The average molecular weight is 1060 g/mol. The molecule has 0 fully saturated rings. The fourth-order valence-electron chi connectivity index (χ4n) is 12.3. The van der Waals surface area contributed by atoms with E-state index in [-0.39, 0.29) is 21.7 Å². The van der Waals surface area contributed by atoms with Crippen LogP contribution in [0.4, 0.5) is 28.4 Å². The van der Waals surface area contributed by atoms with Crippen LogP contribution in [0.2, 0.25) is 0 Å². The van der Waals surface area contributed by atoms with E-state index in [1.165, 1.54) is 95.8 Å². The third kappa shape index (κ3) is 8.21. The van der Waals surface area contributed by atoms with E-state index in [1.54, 1.807) is 0 Å². The molecule has 0 atom stereocenters. The Morgan fingerprint density at radius 3 is 1.68 bits per heavy atom. The van der Waals surface area contributed by atoms with Crippen molar-refractivity contribution < 1.29 is 4.42 Å². The lowest BCUT2D eigenvalue weighted by Gasteiger charge is -2.28. The number of anilines is 5. The second-order valence-corrected chi connectivity index (χ2v) is 28.6. The van der Waals surface area contributed by atoms with Crippen LogP contribution in [0.15, 0.2) is 174 Å². The minimum absolute atomic E-state index is 0.0174. The van der Waals surface area contributed by atoms with Gasteiger partial charge in [-0.25, -0.2) is 0 Å². The third-order valence-electron chi connectivity index (χ3n) is 16.8. The van der Waals surface area contributed by atoms with Crippen molar-refractivity contribution in [3.63, 3.8) is 0 Å². The molecule has 9 aromatic carbocycles. The van der Waals surface area contributed by atoms with Gasteiger partial charge >= 0.3 is 0 Å². The summed E-state index contributed by atoms with van der Waals surface area (Å²) in [4.78, 5) is 2.39. The summed E-state index contributed by atoms with van der Waals surface area (Å²) in [5.41, 5.74) is 20.1. The summed E-state index contributed by atoms with van der Waals surface area (Å²) in [5.74, 6) is 0. The van der Waals surface area contributed by atoms with Crippen molar-refractivity contribution in [2.75, 3.05) is 10.2 Å². The van der Waals surface area contributed by atoms with Gasteiger partial charge in [-0.3, -0.25) is 0 Å². The smallest absolute Gasteiger partial charge is 0.211 e. The monoisotopic (exact) mass is 1060 g/mol. The highest BCUT2D eigenvalue weighted by Crippen LogP contribution is 2.47. The summed E-state index contributed by atoms with van der Waals surface area (Å²) < 4.78 is 15.0. The minimum Gasteiger partial charge on any atom is -0.456 e. The maximum Gasteiger partial charge on any atom is 0.211 e. The predicted octanol–water partition coefficient (Wildman–Crippen LogP) is 20.0. The molecule has 7 heteroatoms. The van der Waals surface area contributed by atoms with Gasteiger partial charge < -0.3 is 19.2 Å². The highest BCUT2D eigenvalue weighted by Gasteiger charge is 2.32. The van der Waals surface area contributed by atoms with E-state index >= 15 is 0 Å². The molecule has 0 unspecified atom stereocenters. The number of aromatic nitrogens is 1. The van der Waals surface area contributed by atoms with Gasteiger partial charge in [0.15, 0.2) is 0 Å². The molecule has 390 valence electrons. The first-order valence-electron chi connectivity index (χ1n) is 28.0. The van der Waals surface area contributed by atoms with Gasteiger partial charge in [0.25, 0.3) is 0 Å². The number of fused-ring (bicyclic) bond motifs is 13. The standard InChI is InChI=1S/C72H66BN3OS2/c1-69(2,3)41-17-24-45(25-18-41)74-58-38-55-54-36-48(75(46-26-19-42(20-27-46)70(4,5)6)47-28-21-43(22-29-47)71(7,8)9)30-33-60(54)77-61(55)39-52(58)50-31-32-51-53-37-56-49-15-13-14-16-62(49)78-64(56)40-59(53)76-66(51)65(50)73-68-67(76)57-35-44(72(10,11)12)23-34-63(57)79-68/h13-40,73-74H,1-12H3. The molecule has 0 saturated carbocycles. The SMILES string of the molecule is CC(C)(C)c1ccc(Nc2cc3c(cc2-c2ccc4c5cc6c(cc5n5c4c2Bc2sc4ccc(C(C)(C)C)cc4c2-5)sc2ccccc26)oc2ccc(N(c4ccc(C(C)(C)C)cc4)c4ccc(C(C)(C)C)cc4)cc23)cc1. The molecule has 13 aromatic rings. The lowest BCUT2D eigenvalue weighted by atomic mass is 9.63. The Morgan fingerprint density at radius 1 is 0.430 bits per heavy atom. The number of furan rings is 1. The maximum atomic E-state index is 7.03. The molecule has 1 N–H and O–H groups in total. The molecule has 4 nitrogen and oxygen atoms in total. The Bertz CT molecular complexity index is 4560. The molecular weight excluding hydrogens is 998 g/mol. The molecule has 0 spiro atoms. The molecule has 0 bridgehead atoms. The van der Waals surface area contributed by atoms with Crippen molar-refractivity contribution in [2.24, 2.45) is 0 Å². The van der Waals surface area contributed by atoms with Crippen molar-refractivity contribution >= 4 is 143 Å². The summed E-state index contributed by atoms with van der Waals surface area (Å²) in [6.45, 7) is 27.5. The normalized spacial score (nSPS) is 13.2. The largest absolute Gasteiger partial charge is 0.456 e. The predicted molar refractivity (Wildman–Crippen MR) is 347 cm³/mol. The van der Waals surface area contributed by atoms with E-state index in [0.29, 0.717) is 0 Å². The van der Waals surface area contributed by atoms with Gasteiger partial charge in [-0.15, -0.1) is 22.7 Å². The zero-order valence-corrected chi connectivity index (χ0v) is 49.1. The van der Waals surface area contributed by atoms with Crippen LogP contribution < -0.4 is 20.5 Å². The van der Waals surface area contributed by atoms with Crippen molar-refractivity contribution in [1.82, 2.24) is 4.57 Å². The van der Waals surface area contributed by atoms with Crippen molar-refractivity contribution in [2.45, 2.75) is 105 Å². The number of nitrogens with one attached hydrogen (secondary N) is 1. The molecule has 1 aliphatic heterocycles. The highest BCUT2D eigenvalue weighted by atomic mass is 32.1. The van der Waals surface area contributed by atoms with Crippen LogP contribution in [0.1, 0.15) is 105 Å². The minimum atomic E-state index is 0.0174. The van der Waals surface area contributed by atoms with Gasteiger partial charge in [0.05, 0.1) is 11.2 Å². The Kier molecular flexibility index (Phi) is 11.0. The summed E-state index contributed by atoms with van der Waals surface area (Å²) in [7, 11) is 0.824. The van der Waals surface area contributed by atoms with Crippen molar-refractivity contribution in [1.29, 1.82) is 0 Å². The molecular formula is C72H66BN3OS2. The summed E-state index contributed by atoms with van der Waals surface area (Å²) >= 11 is 3.85. The summed E-state index contributed by atoms with van der Waals surface area (Å²) in [5, 5.41) is 12.7. The second kappa shape index (κ2) is 17.5. The van der Waals surface area contributed by atoms with Gasteiger partial charge in [0, 0.05) is 91.3 Å². The van der Waals surface area contributed by atoms with Crippen LogP contribution in [0.3, 0.4) is 0 Å². The van der Waals surface area contributed by atoms with Crippen LogP contribution in [0, 0.1) is 0 Å². The Balaban J connectivity index is 0.998. The van der Waals surface area contributed by atoms with Gasteiger partial charge in [0.2, 0.25) is 7.28 Å². The molecule has 14 rings (SSSR count). The fourth-order valence-corrected chi connectivity index (χ4v) is 14.6. The van der Waals surface area contributed by atoms with Crippen LogP contribution >= 0.6 is 22.7 Å². The first-order valence-corrected chi connectivity index (χ1v) is 29.6. The van der Waals surface area contributed by atoms with Gasteiger partial charge in [0.1, 0.15) is 11.2 Å². The number of rotatable bonds is 6. The fraction of sp³-hybridized carbons (Fsp3) is 0.222. The van der Waals surface area contributed by atoms with E-state index in [1.807, 2.05) is 22.7 Å². The lowest BCUT2D eigenvalue weighted by molar-refractivity contribution is 0.590. The summed E-state index contributed by atoms with van der Waals surface area (Å²) in [6, 6.07) is 64.5. The van der Waals surface area contributed by atoms with Gasteiger partial charge in [-0.05, 0) is 157 Å². The molecule has 5 heterocycles. The Labute approximate surface area is 472 Å². The van der Waals surface area contributed by atoms with E-state index < -0.39 is 0 Å². The molecule has 0 radical (unpaired) electrons. The quantitative estimate of drug-likeness (QED) is 0.169. The zero-order chi connectivity index (χ0) is 54.7. The van der Waals surface area contributed by atoms with E-state index in [2.05, 4.69) is 268 Å². The van der Waals surface area contributed by atoms with E-state index in [0.717, 1.165) is 63.2 Å². The topological polar surface area (TPSA) is 33.3 Å². The zero-order valence-electron chi connectivity index (χ0n) is 47.5. The van der Waals surface area contributed by atoms with Crippen LogP contribution in [-0.2, 0) is 21.7 Å². The second-order valence-electron chi connectivity index (χ2n) is 26.4. The number of nitrogens with zero attached hydrogens (tertiary/aromatic N) is 2. The Morgan fingerprint density at radius 2 is 1.03 bits per heavy atom. The molecule has 79 heavy (non-hydrogen) atoms. The van der Waals surface area contributed by atoms with Gasteiger partial charge in [-0.1, -0.05) is 156 Å². The number of hydrogen-bond acceptors (Lipinski definition) is 5. The molecule has 4 aromatic heterocycles. The molecule has 0 amide bonds. The third-order valence-corrected chi connectivity index (χ3v) is 19.1. The first-order chi connectivity index (χ1) is 37.6. The number of hydrogen-bond donors (Lipinski definition) is 1. The average Bonchev–Trinajstić information content (AvgIpc) is 4.16. The molecule has 1 aliphatic rings. The van der Waals surface area contributed by atoms with Crippen molar-refractivity contribution in [3.05, 3.63) is 192 Å². The molecule has 0 saturated heterocycles. The van der Waals surface area contributed by atoms with Crippen LogP contribution in [0.25, 0.3) is 90.8 Å². The van der Waals surface area contributed by atoms with Crippen molar-refractivity contribution in [3.8, 4) is 16.8 Å². The maximum absolute atomic E-state index is 7.03. The van der Waals surface area contributed by atoms with Crippen LogP contribution in [0.5, 0.6) is 0 Å². The van der Waals surface area contributed by atoms with Gasteiger partial charge in [-0.2, -0.15) is 0 Å². The number of thiophene rings is 2. The van der Waals surface area contributed by atoms with E-state index in [4.69, 9.17) is 4.42 Å². The summed E-state index contributed by atoms with van der Waals surface area (Å²) in [6.07, 6.45) is 0. The highest BCUT2D eigenvalue weighted by molar-refractivity contribution is 7.29. The lowest BCUT2D eigenvalue weighted by Crippen LogP contribution is -2.35. The number of benzene rings is 9. The van der Waals surface area contributed by atoms with E-state index in [9.17, 15) is 0 Å². The molecule has 0 aliphatic carbocycles. The van der Waals surface area contributed by atoms with Crippen LogP contribution in [-0.4, -0.2) is 11.8 Å².